The van der Waals surface area contributed by atoms with Crippen molar-refractivity contribution in [2.24, 2.45) is 0 Å². The molecule has 0 amide bonds. The summed E-state index contributed by atoms with van der Waals surface area (Å²) in [4.78, 5) is 12.6. The molecule has 0 unspecified atom stereocenters. The van der Waals surface area contributed by atoms with Gasteiger partial charge in [0.25, 0.3) is 0 Å². The maximum atomic E-state index is 4.81. The Labute approximate surface area is 158 Å². The van der Waals surface area contributed by atoms with Gasteiger partial charge >= 0.3 is 0 Å². The molecule has 0 bridgehead atoms. The third-order valence-corrected chi connectivity index (χ3v) is 5.31. The van der Waals surface area contributed by atoms with Gasteiger partial charge in [-0.3, -0.25) is 0 Å². The van der Waals surface area contributed by atoms with Crippen molar-refractivity contribution in [3.63, 3.8) is 0 Å². The molecule has 2 heterocycles. The molecule has 0 spiro atoms. The third-order valence-electron chi connectivity index (χ3n) is 5.31. The molecule has 5 rings (SSSR count). The van der Waals surface area contributed by atoms with Crippen molar-refractivity contribution in [2.45, 2.75) is 25.7 Å². The number of H-pyrrole nitrogens is 1. The quantitative estimate of drug-likeness (QED) is 0.555. The zero-order chi connectivity index (χ0) is 18.1. The van der Waals surface area contributed by atoms with Gasteiger partial charge in [0, 0.05) is 35.4 Å². The molecule has 0 atom stereocenters. The van der Waals surface area contributed by atoms with Crippen LogP contribution in [0.2, 0.25) is 0 Å². The minimum atomic E-state index is 0.757. The van der Waals surface area contributed by atoms with Crippen molar-refractivity contribution >= 4 is 17.0 Å². The molecule has 0 radical (unpaired) electrons. The van der Waals surface area contributed by atoms with E-state index in [1.165, 1.54) is 27.6 Å². The van der Waals surface area contributed by atoms with Crippen LogP contribution < -0.4 is 0 Å². The summed E-state index contributed by atoms with van der Waals surface area (Å²) >= 11 is 0. The molecule has 3 nitrogen and oxygen atoms in total. The SMILES string of the molecule is C1=Cc2cc(CCc3ccnc(Cc4cccc5[nH]ccc45)n3)ccc2C1. The summed E-state index contributed by atoms with van der Waals surface area (Å²) in [7, 11) is 0. The number of benzene rings is 2. The van der Waals surface area contributed by atoms with Gasteiger partial charge in [0.2, 0.25) is 0 Å². The maximum Gasteiger partial charge on any atom is 0.132 e. The summed E-state index contributed by atoms with van der Waals surface area (Å²) in [6.07, 6.45) is 12.1. The van der Waals surface area contributed by atoms with Crippen LogP contribution >= 0.6 is 0 Å². The molecule has 0 fully saturated rings. The third kappa shape index (κ3) is 3.28. The maximum absolute atomic E-state index is 4.81. The molecule has 27 heavy (non-hydrogen) atoms. The average molecular weight is 351 g/mol. The highest BCUT2D eigenvalue weighted by atomic mass is 14.9. The van der Waals surface area contributed by atoms with Gasteiger partial charge in [-0.25, -0.2) is 9.97 Å². The lowest BCUT2D eigenvalue weighted by molar-refractivity contribution is 0.860. The summed E-state index contributed by atoms with van der Waals surface area (Å²) in [5, 5.41) is 1.25. The van der Waals surface area contributed by atoms with Crippen LogP contribution in [0.4, 0.5) is 0 Å². The molecule has 0 saturated carbocycles. The van der Waals surface area contributed by atoms with Crippen molar-refractivity contribution in [2.75, 3.05) is 0 Å². The van der Waals surface area contributed by atoms with E-state index in [1.54, 1.807) is 0 Å². The molecule has 1 aliphatic rings. The number of aromatic amines is 1. The van der Waals surface area contributed by atoms with Crippen molar-refractivity contribution in [1.82, 2.24) is 15.0 Å². The van der Waals surface area contributed by atoms with Crippen LogP contribution in [-0.4, -0.2) is 15.0 Å². The molecule has 1 N–H and O–H groups in total. The fraction of sp³-hybridized carbons (Fsp3) is 0.167. The van der Waals surface area contributed by atoms with Gasteiger partial charge in [0.05, 0.1) is 0 Å². The van der Waals surface area contributed by atoms with Crippen molar-refractivity contribution < 1.29 is 0 Å². The highest BCUT2D eigenvalue weighted by Gasteiger charge is 2.08. The molecular formula is C24H21N3. The second kappa shape index (κ2) is 6.84. The molecule has 3 heteroatoms. The summed E-state index contributed by atoms with van der Waals surface area (Å²) in [5.41, 5.74) is 7.71. The predicted octanol–water partition coefficient (Wildman–Crippen LogP) is 4.90. The van der Waals surface area contributed by atoms with Crippen LogP contribution in [0.25, 0.3) is 17.0 Å². The number of hydrogen-bond acceptors (Lipinski definition) is 2. The highest BCUT2D eigenvalue weighted by Crippen LogP contribution is 2.22. The van der Waals surface area contributed by atoms with Gasteiger partial charge in [0.1, 0.15) is 5.82 Å². The van der Waals surface area contributed by atoms with Crippen molar-refractivity contribution in [1.29, 1.82) is 0 Å². The van der Waals surface area contributed by atoms with Gasteiger partial charge in [-0.05, 0) is 59.7 Å². The minimum absolute atomic E-state index is 0.757. The highest BCUT2D eigenvalue weighted by molar-refractivity contribution is 5.83. The van der Waals surface area contributed by atoms with Crippen LogP contribution in [-0.2, 0) is 25.7 Å². The molecule has 1 aliphatic carbocycles. The Hall–Kier alpha value is -3.20. The number of hydrogen-bond donors (Lipinski definition) is 1. The fourth-order valence-corrected chi connectivity index (χ4v) is 3.87. The first-order valence-electron chi connectivity index (χ1n) is 9.49. The topological polar surface area (TPSA) is 41.6 Å². The molecule has 132 valence electrons. The lowest BCUT2D eigenvalue weighted by atomic mass is 10.0. The number of nitrogens with one attached hydrogen (secondary N) is 1. The first-order chi connectivity index (χ1) is 13.3. The minimum Gasteiger partial charge on any atom is -0.361 e. The van der Waals surface area contributed by atoms with Crippen LogP contribution in [0.1, 0.15) is 33.8 Å². The standard InChI is InChI=1S/C24H21N3/c1-3-18-9-7-17(15-19(18)4-1)8-10-21-11-13-26-24(27-21)16-20-5-2-6-23-22(20)12-14-25-23/h1-2,4-7,9,11-15,25H,3,8,10,16H2. The number of rotatable bonds is 5. The van der Waals surface area contributed by atoms with Gasteiger partial charge in [0.15, 0.2) is 0 Å². The lowest BCUT2D eigenvalue weighted by Gasteiger charge is -2.07. The number of allylic oxidation sites excluding steroid dienone is 1. The average Bonchev–Trinajstić information content (AvgIpc) is 3.36. The zero-order valence-electron chi connectivity index (χ0n) is 15.2. The smallest absolute Gasteiger partial charge is 0.132 e. The molecule has 0 aliphatic heterocycles. The Morgan fingerprint density at radius 1 is 1.00 bits per heavy atom. The summed E-state index contributed by atoms with van der Waals surface area (Å²) in [6.45, 7) is 0. The summed E-state index contributed by atoms with van der Waals surface area (Å²) in [6, 6.07) is 17.3. The Morgan fingerprint density at radius 3 is 3.00 bits per heavy atom. The van der Waals surface area contributed by atoms with E-state index in [1.807, 2.05) is 18.5 Å². The molecule has 2 aromatic carbocycles. The molecule has 0 saturated heterocycles. The second-order valence-electron chi connectivity index (χ2n) is 7.14. The van der Waals surface area contributed by atoms with E-state index in [0.29, 0.717) is 0 Å². The second-order valence-corrected chi connectivity index (χ2v) is 7.14. The van der Waals surface area contributed by atoms with Gasteiger partial charge in [-0.1, -0.05) is 42.5 Å². The lowest BCUT2D eigenvalue weighted by Crippen LogP contribution is -2.02. The first kappa shape index (κ1) is 16.0. The first-order valence-corrected chi connectivity index (χ1v) is 9.49. The van der Waals surface area contributed by atoms with Crippen LogP contribution in [0, 0.1) is 0 Å². The number of aryl methyl sites for hydroxylation is 2. The number of aromatic nitrogens is 3. The molecular weight excluding hydrogens is 330 g/mol. The van der Waals surface area contributed by atoms with Crippen molar-refractivity contribution in [3.8, 4) is 0 Å². The Bertz CT molecular complexity index is 1140. The Kier molecular flexibility index (Phi) is 4.06. The largest absolute Gasteiger partial charge is 0.361 e. The molecule has 4 aromatic rings. The van der Waals surface area contributed by atoms with E-state index in [0.717, 1.165) is 42.7 Å². The van der Waals surface area contributed by atoms with E-state index < -0.39 is 0 Å². The Morgan fingerprint density at radius 2 is 2.00 bits per heavy atom. The van der Waals surface area contributed by atoms with E-state index in [2.05, 4.69) is 64.6 Å². The van der Waals surface area contributed by atoms with E-state index >= 15 is 0 Å². The van der Waals surface area contributed by atoms with E-state index in [9.17, 15) is 0 Å². The van der Waals surface area contributed by atoms with Gasteiger partial charge in [-0.2, -0.15) is 0 Å². The normalized spacial score (nSPS) is 12.6. The Balaban J connectivity index is 1.32. The number of nitrogens with zero attached hydrogens (tertiary/aromatic N) is 2. The van der Waals surface area contributed by atoms with E-state index in [4.69, 9.17) is 4.98 Å². The van der Waals surface area contributed by atoms with Crippen LogP contribution in [0.3, 0.4) is 0 Å². The van der Waals surface area contributed by atoms with Crippen molar-refractivity contribution in [3.05, 3.63) is 101 Å². The monoisotopic (exact) mass is 351 g/mol. The molecule has 2 aromatic heterocycles. The number of fused-ring (bicyclic) bond motifs is 2. The fourth-order valence-electron chi connectivity index (χ4n) is 3.87. The van der Waals surface area contributed by atoms with Crippen LogP contribution in [0.5, 0.6) is 0 Å². The van der Waals surface area contributed by atoms with E-state index in [-0.39, 0.29) is 0 Å². The zero-order valence-corrected chi connectivity index (χ0v) is 15.2. The predicted molar refractivity (Wildman–Crippen MR) is 110 cm³/mol. The summed E-state index contributed by atoms with van der Waals surface area (Å²) < 4.78 is 0. The van der Waals surface area contributed by atoms with Gasteiger partial charge in [-0.15, -0.1) is 0 Å². The summed E-state index contributed by atoms with van der Waals surface area (Å²) in [5.74, 6) is 0.887. The van der Waals surface area contributed by atoms with Crippen LogP contribution in [0.15, 0.2) is 67.0 Å². The van der Waals surface area contributed by atoms with Gasteiger partial charge < -0.3 is 4.98 Å².